The second-order valence-corrected chi connectivity index (χ2v) is 7.96. The number of ketones is 1. The van der Waals surface area contributed by atoms with Crippen LogP contribution >= 0.6 is 11.6 Å². The van der Waals surface area contributed by atoms with Gasteiger partial charge in [0.1, 0.15) is 11.7 Å². The molecule has 7 heteroatoms. The van der Waals surface area contributed by atoms with Gasteiger partial charge in [-0.2, -0.15) is 4.98 Å². The number of aromatic nitrogens is 3. The lowest BCUT2D eigenvalue weighted by atomic mass is 9.88. The van der Waals surface area contributed by atoms with Crippen LogP contribution in [0.3, 0.4) is 0 Å². The van der Waals surface area contributed by atoms with Crippen LogP contribution in [0.1, 0.15) is 59.0 Å². The van der Waals surface area contributed by atoms with Crippen molar-refractivity contribution in [1.82, 2.24) is 15.1 Å². The zero-order chi connectivity index (χ0) is 21.4. The first-order chi connectivity index (χ1) is 14.4. The van der Waals surface area contributed by atoms with E-state index in [0.29, 0.717) is 22.2 Å². The van der Waals surface area contributed by atoms with Gasteiger partial charge in [-0.3, -0.25) is 4.79 Å². The number of carbonyl (C=O) groups is 1. The Morgan fingerprint density at radius 2 is 1.90 bits per heavy atom. The molecule has 0 saturated carbocycles. The zero-order valence-corrected chi connectivity index (χ0v) is 17.9. The second kappa shape index (κ2) is 7.95. The summed E-state index contributed by atoms with van der Waals surface area (Å²) in [6, 6.07) is 12.5. The molecule has 6 nitrogen and oxygen atoms in total. The minimum Gasteiger partial charge on any atom is -0.497 e. The number of H-pyrrole nitrogens is 1. The van der Waals surface area contributed by atoms with Crippen molar-refractivity contribution in [3.05, 3.63) is 76.0 Å². The van der Waals surface area contributed by atoms with Crippen LogP contribution in [0.15, 0.2) is 47.0 Å². The zero-order valence-electron chi connectivity index (χ0n) is 17.2. The number of methoxy groups -OCH3 is 1. The van der Waals surface area contributed by atoms with Crippen molar-refractivity contribution < 1.29 is 14.1 Å². The quantitative estimate of drug-likeness (QED) is 0.404. The second-order valence-electron chi connectivity index (χ2n) is 7.52. The molecule has 2 heterocycles. The third kappa shape index (κ3) is 3.59. The van der Waals surface area contributed by atoms with Gasteiger partial charge in [0.15, 0.2) is 11.6 Å². The molecule has 0 fully saturated rings. The summed E-state index contributed by atoms with van der Waals surface area (Å²) >= 11 is 6.02. The third-order valence-electron chi connectivity index (χ3n) is 5.14. The van der Waals surface area contributed by atoms with E-state index in [0.717, 1.165) is 22.2 Å². The molecule has 2 aromatic carbocycles. The number of nitrogens with one attached hydrogen (secondary N) is 1. The largest absolute Gasteiger partial charge is 0.497 e. The topological polar surface area (TPSA) is 81.0 Å². The van der Waals surface area contributed by atoms with E-state index in [9.17, 15) is 4.79 Å². The highest BCUT2D eigenvalue weighted by Gasteiger charge is 2.33. The number of hydrogen-bond donors (Lipinski definition) is 1. The summed E-state index contributed by atoms with van der Waals surface area (Å²) in [5.74, 6) is 0.718. The van der Waals surface area contributed by atoms with E-state index in [4.69, 9.17) is 20.9 Å². The highest BCUT2D eigenvalue weighted by Crippen LogP contribution is 2.37. The lowest BCUT2D eigenvalue weighted by molar-refractivity contribution is 0.0961. The van der Waals surface area contributed by atoms with Crippen molar-refractivity contribution in [2.45, 2.75) is 32.6 Å². The molecule has 0 radical (unpaired) electrons. The van der Waals surface area contributed by atoms with Gasteiger partial charge in [0, 0.05) is 38.7 Å². The minimum atomic E-state index is -0.757. The molecule has 0 amide bonds. The third-order valence-corrected chi connectivity index (χ3v) is 5.40. The summed E-state index contributed by atoms with van der Waals surface area (Å²) in [5, 5.41) is 5.53. The van der Waals surface area contributed by atoms with Crippen LogP contribution in [-0.2, 0) is 0 Å². The van der Waals surface area contributed by atoms with Crippen LogP contribution in [0.25, 0.3) is 10.9 Å². The van der Waals surface area contributed by atoms with Crippen molar-refractivity contribution in [3.63, 3.8) is 0 Å². The van der Waals surface area contributed by atoms with Crippen molar-refractivity contribution in [1.29, 1.82) is 0 Å². The molecule has 1 unspecified atom stereocenters. The molecule has 1 atom stereocenters. The van der Waals surface area contributed by atoms with Gasteiger partial charge < -0.3 is 14.2 Å². The van der Waals surface area contributed by atoms with Crippen molar-refractivity contribution in [2.75, 3.05) is 7.11 Å². The molecule has 4 aromatic rings. The summed E-state index contributed by atoms with van der Waals surface area (Å²) < 4.78 is 11.0. The monoisotopic (exact) mass is 423 g/mol. The maximum atomic E-state index is 13.7. The number of hydrogen-bond acceptors (Lipinski definition) is 5. The smallest absolute Gasteiger partial charge is 0.242 e. The molecular weight excluding hydrogens is 402 g/mol. The van der Waals surface area contributed by atoms with E-state index in [1.165, 1.54) is 0 Å². The summed E-state index contributed by atoms with van der Waals surface area (Å²) in [7, 11) is 1.61. The lowest BCUT2D eigenvalue weighted by Crippen LogP contribution is -2.16. The molecule has 4 rings (SSSR count). The predicted molar refractivity (Wildman–Crippen MR) is 116 cm³/mol. The number of aromatic amines is 1. The molecule has 30 heavy (non-hydrogen) atoms. The Balaban J connectivity index is 1.93. The molecule has 2 aromatic heterocycles. The van der Waals surface area contributed by atoms with Gasteiger partial charge >= 0.3 is 0 Å². The Morgan fingerprint density at radius 1 is 1.17 bits per heavy atom. The van der Waals surface area contributed by atoms with Crippen molar-refractivity contribution in [2.24, 2.45) is 0 Å². The molecule has 0 aliphatic rings. The fourth-order valence-corrected chi connectivity index (χ4v) is 3.70. The number of halogens is 1. The first-order valence-corrected chi connectivity index (χ1v) is 10.1. The normalized spacial score (nSPS) is 12.5. The first-order valence-electron chi connectivity index (χ1n) is 9.68. The Hall–Kier alpha value is -3.12. The Bertz CT molecular complexity index is 1210. The van der Waals surface area contributed by atoms with E-state index >= 15 is 0 Å². The van der Waals surface area contributed by atoms with Gasteiger partial charge in [-0.15, -0.1) is 0 Å². The fourth-order valence-electron chi connectivity index (χ4n) is 3.57. The van der Waals surface area contributed by atoms with Crippen LogP contribution in [-0.4, -0.2) is 28.0 Å². The molecule has 0 saturated heterocycles. The van der Waals surface area contributed by atoms with Gasteiger partial charge in [-0.1, -0.05) is 30.6 Å². The fraction of sp³-hybridized carbons (Fsp3) is 0.261. The average molecular weight is 424 g/mol. The van der Waals surface area contributed by atoms with Crippen molar-refractivity contribution >= 4 is 28.3 Å². The SMILES string of the molecule is COc1ccc2[nH]c(C)c(C(C(=O)c3ccc(Cl)cc3)c3nc(C(C)C)no3)c2c1. The van der Waals surface area contributed by atoms with Crippen LogP contribution < -0.4 is 4.74 Å². The molecular formula is C23H22ClN3O3. The minimum absolute atomic E-state index is 0.0814. The summed E-state index contributed by atoms with van der Waals surface area (Å²) in [4.78, 5) is 21.6. The molecule has 0 bridgehead atoms. The van der Waals surface area contributed by atoms with Gasteiger partial charge in [0.05, 0.1) is 7.11 Å². The first kappa shape index (κ1) is 20.2. The van der Waals surface area contributed by atoms with Gasteiger partial charge in [0.2, 0.25) is 5.89 Å². The summed E-state index contributed by atoms with van der Waals surface area (Å²) in [5.41, 5.74) is 3.07. The Kier molecular flexibility index (Phi) is 5.35. The van der Waals surface area contributed by atoms with Crippen molar-refractivity contribution in [3.8, 4) is 5.75 Å². The Morgan fingerprint density at radius 3 is 2.53 bits per heavy atom. The predicted octanol–water partition coefficient (Wildman–Crippen LogP) is 5.66. The lowest BCUT2D eigenvalue weighted by Gasteiger charge is -2.14. The van der Waals surface area contributed by atoms with Crippen LogP contribution in [0.5, 0.6) is 5.75 Å². The standard InChI is InChI=1S/C23H22ClN3O3/c1-12(2)22-26-23(30-27-22)20(21(28)14-5-7-15(24)8-6-14)19-13(3)25-18-10-9-16(29-4)11-17(18)19/h5-12,20,25H,1-4H3. The highest BCUT2D eigenvalue weighted by molar-refractivity contribution is 6.30. The molecule has 1 N–H and O–H groups in total. The van der Waals surface area contributed by atoms with E-state index < -0.39 is 5.92 Å². The van der Waals surface area contributed by atoms with Crippen LogP contribution in [0.4, 0.5) is 0 Å². The summed E-state index contributed by atoms with van der Waals surface area (Å²) in [6.45, 7) is 5.89. The number of Topliss-reactive ketones (excluding diaryl/α,β-unsaturated/α-hetero) is 1. The molecule has 0 spiro atoms. The van der Waals surface area contributed by atoms with Gasteiger partial charge in [0.25, 0.3) is 0 Å². The molecule has 0 aliphatic heterocycles. The van der Waals surface area contributed by atoms with Gasteiger partial charge in [-0.25, -0.2) is 0 Å². The average Bonchev–Trinajstić information content (AvgIpc) is 3.34. The number of fused-ring (bicyclic) bond motifs is 1. The van der Waals surface area contributed by atoms with E-state index in [1.807, 2.05) is 39.0 Å². The molecule has 154 valence electrons. The summed E-state index contributed by atoms with van der Waals surface area (Å²) in [6.07, 6.45) is 0. The number of aryl methyl sites for hydroxylation is 1. The maximum absolute atomic E-state index is 13.7. The highest BCUT2D eigenvalue weighted by atomic mass is 35.5. The number of carbonyl (C=O) groups excluding carboxylic acids is 1. The van der Waals surface area contributed by atoms with Gasteiger partial charge in [-0.05, 0) is 49.4 Å². The van der Waals surface area contributed by atoms with E-state index in [1.54, 1.807) is 31.4 Å². The number of ether oxygens (including phenoxy) is 1. The van der Waals surface area contributed by atoms with E-state index in [-0.39, 0.29) is 17.6 Å². The number of rotatable bonds is 6. The van der Waals surface area contributed by atoms with Crippen LogP contribution in [0.2, 0.25) is 5.02 Å². The Labute approximate surface area is 179 Å². The van der Waals surface area contributed by atoms with Crippen LogP contribution in [0, 0.1) is 6.92 Å². The van der Waals surface area contributed by atoms with E-state index in [2.05, 4.69) is 15.1 Å². The maximum Gasteiger partial charge on any atom is 0.242 e. The molecule has 0 aliphatic carbocycles. The number of nitrogens with zero attached hydrogens (tertiary/aromatic N) is 2. The number of benzene rings is 2.